The highest BCUT2D eigenvalue weighted by atomic mass is 16.2. The van der Waals surface area contributed by atoms with Crippen LogP contribution < -0.4 is 21.7 Å². The van der Waals surface area contributed by atoms with Crippen LogP contribution in [0.4, 0.5) is 0 Å². The number of ketones is 1. The van der Waals surface area contributed by atoms with Gasteiger partial charge in [0, 0.05) is 21.1 Å². The zero-order valence-corrected chi connectivity index (χ0v) is 11.3. The maximum absolute atomic E-state index is 11.6. The molecule has 0 aliphatic carbocycles. The summed E-state index contributed by atoms with van der Waals surface area (Å²) in [6, 6.07) is 0. The number of hydrogen-bond donors (Lipinski definition) is 4. The van der Waals surface area contributed by atoms with Crippen molar-refractivity contribution in [3.05, 3.63) is 0 Å². The molecule has 0 saturated carbocycles. The van der Waals surface area contributed by atoms with E-state index in [1.807, 2.05) is 0 Å². The van der Waals surface area contributed by atoms with Gasteiger partial charge in [0.15, 0.2) is 5.78 Å². The molecule has 8 nitrogen and oxygen atoms in total. The Balaban J connectivity index is 5.13. The first-order chi connectivity index (χ1) is 8.92. The topological polar surface area (TPSA) is 130 Å². The van der Waals surface area contributed by atoms with Crippen molar-refractivity contribution in [3.8, 4) is 0 Å². The largest absolute Gasteiger partial charge is 0.359 e. The molecule has 0 spiro atoms. The molecule has 0 fully saturated rings. The fourth-order valence-corrected chi connectivity index (χ4v) is 1.62. The van der Waals surface area contributed by atoms with Gasteiger partial charge >= 0.3 is 0 Å². The highest BCUT2D eigenvalue weighted by molar-refractivity contribution is 6.05. The lowest BCUT2D eigenvalue weighted by molar-refractivity contribution is -0.138. The first-order valence-corrected chi connectivity index (χ1v) is 5.80. The Hall–Kier alpha value is -1.96. The first-order valence-electron chi connectivity index (χ1n) is 5.80. The van der Waals surface area contributed by atoms with Crippen molar-refractivity contribution in [2.24, 2.45) is 17.6 Å². The van der Waals surface area contributed by atoms with Gasteiger partial charge in [0.25, 0.3) is 0 Å². The van der Waals surface area contributed by atoms with Gasteiger partial charge in [-0.1, -0.05) is 0 Å². The van der Waals surface area contributed by atoms with Crippen molar-refractivity contribution >= 4 is 23.5 Å². The van der Waals surface area contributed by atoms with E-state index in [1.54, 1.807) is 0 Å². The Morgan fingerprint density at radius 1 is 0.842 bits per heavy atom. The van der Waals surface area contributed by atoms with Gasteiger partial charge in [0.1, 0.15) is 5.92 Å². The van der Waals surface area contributed by atoms with Crippen molar-refractivity contribution in [3.63, 3.8) is 0 Å². The van der Waals surface area contributed by atoms with Crippen LogP contribution in [0.5, 0.6) is 0 Å². The highest BCUT2D eigenvalue weighted by Crippen LogP contribution is 2.15. The Labute approximate surface area is 111 Å². The van der Waals surface area contributed by atoms with Gasteiger partial charge in [-0.25, -0.2) is 0 Å². The van der Waals surface area contributed by atoms with Gasteiger partial charge < -0.3 is 21.7 Å². The van der Waals surface area contributed by atoms with Crippen LogP contribution in [0.3, 0.4) is 0 Å². The van der Waals surface area contributed by atoms with Crippen LogP contribution in [0, 0.1) is 11.8 Å². The number of carbonyl (C=O) groups is 4. The lowest BCUT2D eigenvalue weighted by Gasteiger charge is -2.19. The molecule has 8 heteroatoms. The summed E-state index contributed by atoms with van der Waals surface area (Å²) in [4.78, 5) is 46.5. The second kappa shape index (κ2) is 8.20. The zero-order valence-electron chi connectivity index (χ0n) is 11.3. The maximum Gasteiger partial charge on any atom is 0.232 e. The number of Topliss-reactive ketones (excluding diaryl/α,β-unsaturated/α-hetero) is 1. The van der Waals surface area contributed by atoms with Crippen LogP contribution in [0.15, 0.2) is 0 Å². The minimum atomic E-state index is -1.12. The van der Waals surface area contributed by atoms with E-state index in [9.17, 15) is 19.2 Å². The molecule has 108 valence electrons. The Kier molecular flexibility index (Phi) is 7.35. The summed E-state index contributed by atoms with van der Waals surface area (Å²) in [6.45, 7) is -0.327. The van der Waals surface area contributed by atoms with Crippen LogP contribution in [0.1, 0.15) is 6.42 Å². The third-order valence-corrected chi connectivity index (χ3v) is 2.75. The molecule has 19 heavy (non-hydrogen) atoms. The van der Waals surface area contributed by atoms with E-state index in [0.29, 0.717) is 0 Å². The van der Waals surface area contributed by atoms with E-state index >= 15 is 0 Å². The smallest absolute Gasteiger partial charge is 0.232 e. The van der Waals surface area contributed by atoms with Gasteiger partial charge in [-0.05, 0) is 6.42 Å². The van der Waals surface area contributed by atoms with E-state index in [0.717, 1.165) is 0 Å². The maximum atomic E-state index is 11.6. The monoisotopic (exact) mass is 272 g/mol. The third kappa shape index (κ3) is 4.66. The molecule has 0 aliphatic rings. The lowest BCUT2D eigenvalue weighted by Crippen LogP contribution is -2.44. The molecule has 0 heterocycles. The number of nitrogens with two attached hydrogens (primary N) is 1. The molecule has 0 aromatic rings. The summed E-state index contributed by atoms with van der Waals surface area (Å²) in [5, 5.41) is 6.97. The standard InChI is InChI=1S/C11H20N4O4/c1-13-9(17)6(8(16)5-12)4-7(10(18)14-2)11(19)15-3/h6-7H,4-5,12H2,1-3H3,(H,13,17)(H,14,18)(H,15,19). The molecule has 5 N–H and O–H groups in total. The molecular formula is C11H20N4O4. The SMILES string of the molecule is CNC(=O)C(CC(C(=O)NC)C(=O)NC)C(=O)CN. The molecule has 0 aliphatic heterocycles. The third-order valence-electron chi connectivity index (χ3n) is 2.75. The van der Waals surface area contributed by atoms with E-state index in [1.165, 1.54) is 21.1 Å². The predicted molar refractivity (Wildman–Crippen MR) is 67.9 cm³/mol. The second-order valence-corrected chi connectivity index (χ2v) is 3.85. The average Bonchev–Trinajstić information content (AvgIpc) is 2.45. The predicted octanol–water partition coefficient (Wildman–Crippen LogP) is -2.63. The minimum absolute atomic E-state index is 0.213. The molecule has 0 aromatic carbocycles. The first kappa shape index (κ1) is 17.0. The molecule has 0 aromatic heterocycles. The molecular weight excluding hydrogens is 252 g/mol. The van der Waals surface area contributed by atoms with Crippen LogP contribution in [0.2, 0.25) is 0 Å². The summed E-state index contributed by atoms with van der Waals surface area (Å²) in [5.74, 6) is -4.43. The van der Waals surface area contributed by atoms with Gasteiger partial charge in [-0.3, -0.25) is 19.2 Å². The fraction of sp³-hybridized carbons (Fsp3) is 0.636. The van der Waals surface area contributed by atoms with Crippen LogP contribution >= 0.6 is 0 Å². The van der Waals surface area contributed by atoms with Crippen molar-refractivity contribution in [1.82, 2.24) is 16.0 Å². The summed E-state index contributed by atoms with van der Waals surface area (Å²) < 4.78 is 0. The average molecular weight is 272 g/mol. The van der Waals surface area contributed by atoms with Gasteiger partial charge in [-0.15, -0.1) is 0 Å². The van der Waals surface area contributed by atoms with Gasteiger partial charge in [-0.2, -0.15) is 0 Å². The quantitative estimate of drug-likeness (QED) is 0.377. The molecule has 0 radical (unpaired) electrons. The van der Waals surface area contributed by atoms with E-state index in [2.05, 4.69) is 16.0 Å². The van der Waals surface area contributed by atoms with Crippen LogP contribution in [0.25, 0.3) is 0 Å². The van der Waals surface area contributed by atoms with Gasteiger partial charge in [0.2, 0.25) is 17.7 Å². The van der Waals surface area contributed by atoms with Crippen molar-refractivity contribution < 1.29 is 19.2 Å². The normalized spacial score (nSPS) is 11.6. The minimum Gasteiger partial charge on any atom is -0.359 e. The van der Waals surface area contributed by atoms with Crippen LogP contribution in [-0.4, -0.2) is 51.2 Å². The highest BCUT2D eigenvalue weighted by Gasteiger charge is 2.34. The summed E-state index contributed by atoms with van der Waals surface area (Å²) in [5.41, 5.74) is 5.23. The molecule has 0 saturated heterocycles. The summed E-state index contributed by atoms with van der Waals surface area (Å²) in [7, 11) is 4.11. The molecule has 3 amide bonds. The van der Waals surface area contributed by atoms with Crippen molar-refractivity contribution in [2.75, 3.05) is 27.7 Å². The Bertz CT molecular complexity index is 304. The molecule has 0 bridgehead atoms. The Morgan fingerprint density at radius 2 is 1.21 bits per heavy atom. The molecule has 1 atom stereocenters. The number of rotatable bonds is 7. The molecule has 0 rings (SSSR count). The van der Waals surface area contributed by atoms with E-state index in [-0.39, 0.29) is 13.0 Å². The lowest BCUT2D eigenvalue weighted by atomic mass is 9.89. The van der Waals surface area contributed by atoms with Crippen molar-refractivity contribution in [1.29, 1.82) is 0 Å². The number of carbonyl (C=O) groups excluding carboxylic acids is 4. The summed E-state index contributed by atoms with van der Waals surface area (Å²) in [6.07, 6.45) is -0.213. The van der Waals surface area contributed by atoms with Gasteiger partial charge in [0.05, 0.1) is 12.5 Å². The van der Waals surface area contributed by atoms with E-state index in [4.69, 9.17) is 5.73 Å². The summed E-state index contributed by atoms with van der Waals surface area (Å²) >= 11 is 0. The van der Waals surface area contributed by atoms with Crippen molar-refractivity contribution in [2.45, 2.75) is 6.42 Å². The number of nitrogens with one attached hydrogen (secondary N) is 3. The second-order valence-electron chi connectivity index (χ2n) is 3.85. The Morgan fingerprint density at radius 3 is 1.53 bits per heavy atom. The number of amides is 3. The zero-order chi connectivity index (χ0) is 15.0. The molecule has 1 unspecified atom stereocenters. The van der Waals surface area contributed by atoms with E-state index < -0.39 is 35.3 Å². The van der Waals surface area contributed by atoms with Crippen LogP contribution in [-0.2, 0) is 19.2 Å². The number of hydrogen-bond acceptors (Lipinski definition) is 5. The fourth-order valence-electron chi connectivity index (χ4n) is 1.62.